The number of hydrogen-bond donors (Lipinski definition) is 3. The Morgan fingerprint density at radius 2 is 1.77 bits per heavy atom. The Hall–Kier alpha value is -1.83. The Labute approximate surface area is 262 Å². The summed E-state index contributed by atoms with van der Waals surface area (Å²) < 4.78 is 31.3. The number of nitrogens with one attached hydrogen (secondary N) is 2. The van der Waals surface area contributed by atoms with Gasteiger partial charge in [-0.1, -0.05) is 20.8 Å². The number of aliphatic hydroxyl groups is 1. The number of carbonyl (C=O) groups excluding carboxylic acids is 3. The maximum atomic E-state index is 14.5. The molecule has 5 rings (SSSR count). The smallest absolute Gasteiger partial charge is 0.408 e. The maximum Gasteiger partial charge on any atom is 0.408 e. The van der Waals surface area contributed by atoms with E-state index < -0.39 is 65.2 Å². The van der Waals surface area contributed by atoms with Gasteiger partial charge in [-0.2, -0.15) is 0 Å². The van der Waals surface area contributed by atoms with Crippen molar-refractivity contribution in [3.8, 4) is 0 Å². The molecule has 44 heavy (non-hydrogen) atoms. The first-order chi connectivity index (χ1) is 20.5. The molecular weight excluding hydrogens is 570 g/mol. The van der Waals surface area contributed by atoms with Gasteiger partial charge in [0, 0.05) is 24.6 Å². The van der Waals surface area contributed by atoms with Crippen LogP contribution >= 0.6 is 0 Å². The molecule has 5 aliphatic rings. The number of fused-ring (bicyclic) bond motifs is 10. The van der Waals surface area contributed by atoms with E-state index in [-0.39, 0.29) is 42.9 Å². The fraction of sp³-hybridized carbons (Fsp3) is 0.906. The number of hydrogen-bond acceptors (Lipinski definition) is 11. The van der Waals surface area contributed by atoms with Crippen LogP contribution in [0.3, 0.4) is 0 Å². The maximum absolute atomic E-state index is 14.5. The summed E-state index contributed by atoms with van der Waals surface area (Å²) in [5, 5.41) is 17.8. The van der Waals surface area contributed by atoms with Crippen molar-refractivity contribution in [1.82, 2.24) is 15.5 Å². The number of aliphatic hydroxyl groups excluding tert-OH is 1. The van der Waals surface area contributed by atoms with Crippen molar-refractivity contribution in [1.29, 1.82) is 0 Å². The van der Waals surface area contributed by atoms with E-state index >= 15 is 0 Å². The van der Waals surface area contributed by atoms with Crippen molar-refractivity contribution in [3.05, 3.63) is 0 Å². The summed E-state index contributed by atoms with van der Waals surface area (Å²) in [7, 11) is 3.82. The topological polar surface area (TPSA) is 145 Å². The van der Waals surface area contributed by atoms with Gasteiger partial charge in [-0.25, -0.2) is 4.79 Å². The average molecular weight is 626 g/mol. The molecule has 0 aromatic heterocycles. The number of alkyl carbamates (subject to hydrolysis) is 1. The average Bonchev–Trinajstić information content (AvgIpc) is 3.26. The lowest BCUT2D eigenvalue weighted by molar-refractivity contribution is -0.299. The third-order valence-corrected chi connectivity index (χ3v) is 10.6. The van der Waals surface area contributed by atoms with Crippen LogP contribution in [0.15, 0.2) is 0 Å². The number of nitrogens with zero attached hydrogens (tertiary/aromatic N) is 1. The van der Waals surface area contributed by atoms with Gasteiger partial charge in [-0.15, -0.1) is 0 Å². The third-order valence-electron chi connectivity index (χ3n) is 10.6. The molecule has 5 fully saturated rings. The Bertz CT molecular complexity index is 1080. The number of rotatable bonds is 4. The number of amides is 1. The van der Waals surface area contributed by atoms with Gasteiger partial charge in [0.05, 0.1) is 23.9 Å². The number of esters is 1. The molecule has 5 aliphatic heterocycles. The van der Waals surface area contributed by atoms with E-state index in [1.807, 2.05) is 46.7 Å². The molecule has 0 saturated carbocycles. The number of ether oxygens (including phenoxy) is 5. The van der Waals surface area contributed by atoms with Gasteiger partial charge in [0.1, 0.15) is 17.6 Å². The summed E-state index contributed by atoms with van der Waals surface area (Å²) in [5.41, 5.74) is -3.65. The van der Waals surface area contributed by atoms with Gasteiger partial charge < -0.3 is 44.3 Å². The minimum Gasteiger partial charge on any atom is -0.457 e. The van der Waals surface area contributed by atoms with Crippen molar-refractivity contribution >= 4 is 17.8 Å². The first kappa shape index (κ1) is 35.0. The van der Waals surface area contributed by atoms with Crippen LogP contribution in [0.25, 0.3) is 0 Å². The first-order valence-corrected chi connectivity index (χ1v) is 16.2. The lowest BCUT2D eigenvalue weighted by Crippen LogP contribution is -2.61. The fourth-order valence-corrected chi connectivity index (χ4v) is 7.89. The summed E-state index contributed by atoms with van der Waals surface area (Å²) in [6.45, 7) is 15.6. The number of likely N-dealkylation sites (N-methyl/N-ethyl adjacent to an activating group) is 1. The van der Waals surface area contributed by atoms with Crippen LogP contribution in [0, 0.1) is 17.3 Å². The molecule has 0 aliphatic carbocycles. The van der Waals surface area contributed by atoms with Crippen molar-refractivity contribution in [3.63, 3.8) is 0 Å². The van der Waals surface area contributed by atoms with Crippen LogP contribution in [0.5, 0.6) is 0 Å². The van der Waals surface area contributed by atoms with E-state index in [0.29, 0.717) is 25.8 Å². The van der Waals surface area contributed by atoms with E-state index in [1.54, 1.807) is 20.8 Å². The van der Waals surface area contributed by atoms with Gasteiger partial charge in [0.15, 0.2) is 17.7 Å². The van der Waals surface area contributed by atoms with Crippen molar-refractivity contribution in [2.75, 3.05) is 27.2 Å². The van der Waals surface area contributed by atoms with Crippen LogP contribution in [-0.2, 0) is 33.3 Å². The van der Waals surface area contributed by atoms with Crippen LogP contribution in [0.4, 0.5) is 4.79 Å². The van der Waals surface area contributed by atoms with Gasteiger partial charge in [-0.3, -0.25) is 9.59 Å². The summed E-state index contributed by atoms with van der Waals surface area (Å²) in [4.78, 5) is 43.0. The molecule has 5 saturated heterocycles. The first-order valence-electron chi connectivity index (χ1n) is 16.2. The summed E-state index contributed by atoms with van der Waals surface area (Å²) >= 11 is 0. The van der Waals surface area contributed by atoms with Crippen LogP contribution < -0.4 is 10.6 Å². The minimum absolute atomic E-state index is 0.0570. The highest BCUT2D eigenvalue weighted by atomic mass is 16.7. The highest BCUT2D eigenvalue weighted by Crippen LogP contribution is 2.43. The number of ketones is 1. The Kier molecular flexibility index (Phi) is 10.4. The summed E-state index contributed by atoms with van der Waals surface area (Å²) in [6, 6.07) is -0.902. The molecule has 0 spiro atoms. The zero-order valence-corrected chi connectivity index (χ0v) is 28.2. The fourth-order valence-electron chi connectivity index (χ4n) is 7.89. The van der Waals surface area contributed by atoms with Gasteiger partial charge in [0.25, 0.3) is 0 Å². The molecule has 0 aromatic carbocycles. The standard InChI is InChI=1S/C32H55N3O9/c1-11-22-32(8)24(34-29(39)44-32)20(5)33-16-17(2)15-31(7)26(43-27-23(36)21(35(9)10)14-18(3)41-27)19(4)25(37)30(6,12-13-40-31)28(38)42-22/h17-24,26-27,33,36H,11-16H2,1-10H3,(H,34,39)/t17-,18?,19+,20-,21?,22-,23?,24-,26-,27+,30+,31+,32-/m1/s1. The molecular formula is C32H55N3O9. The van der Waals surface area contributed by atoms with Crippen LogP contribution in [0.2, 0.25) is 0 Å². The largest absolute Gasteiger partial charge is 0.457 e. The molecule has 2 bridgehead atoms. The molecule has 12 nitrogen and oxygen atoms in total. The predicted molar refractivity (Wildman–Crippen MR) is 162 cm³/mol. The van der Waals surface area contributed by atoms with Gasteiger partial charge in [-0.05, 0) is 86.9 Å². The molecule has 12 heteroatoms. The molecule has 0 aromatic rings. The van der Waals surface area contributed by atoms with Crippen LogP contribution in [-0.4, -0.2) is 115 Å². The lowest BCUT2D eigenvalue weighted by atomic mass is 9.70. The van der Waals surface area contributed by atoms with Crippen molar-refractivity contribution in [2.24, 2.45) is 17.3 Å². The molecule has 5 heterocycles. The zero-order valence-electron chi connectivity index (χ0n) is 28.2. The SMILES string of the molecule is CC[C@H]1OC(=O)[C@@]2(C)CCO[C@@](C)(C[C@@H](C)CN[C@H](C)[C@H]3NC(=O)O[C@@]31C)[C@H](O[C@@H]1OC(C)CC(N(C)C)C1O)[C@@H](C)C2=O. The van der Waals surface area contributed by atoms with E-state index in [1.165, 1.54) is 0 Å². The normalized spacial score (nSPS) is 47.6. The Morgan fingerprint density at radius 1 is 1.09 bits per heavy atom. The highest BCUT2D eigenvalue weighted by Gasteiger charge is 2.58. The van der Waals surface area contributed by atoms with E-state index in [9.17, 15) is 19.5 Å². The third kappa shape index (κ3) is 6.53. The lowest BCUT2D eigenvalue weighted by Gasteiger charge is -2.49. The summed E-state index contributed by atoms with van der Waals surface area (Å²) in [6.07, 6.45) is -2.67. The van der Waals surface area contributed by atoms with Crippen LogP contribution in [0.1, 0.15) is 81.1 Å². The molecule has 13 atom stereocenters. The molecule has 0 radical (unpaired) electrons. The Morgan fingerprint density at radius 3 is 2.41 bits per heavy atom. The minimum atomic E-state index is -1.54. The van der Waals surface area contributed by atoms with Crippen molar-refractivity contribution < 1.29 is 43.2 Å². The van der Waals surface area contributed by atoms with Gasteiger partial charge >= 0.3 is 12.1 Å². The van der Waals surface area contributed by atoms with E-state index in [0.717, 1.165) is 0 Å². The van der Waals surface area contributed by atoms with E-state index in [2.05, 4.69) is 17.6 Å². The molecule has 3 unspecified atom stereocenters. The van der Waals surface area contributed by atoms with E-state index in [4.69, 9.17) is 23.7 Å². The monoisotopic (exact) mass is 625 g/mol. The highest BCUT2D eigenvalue weighted by molar-refractivity contribution is 6.04. The predicted octanol–water partition coefficient (Wildman–Crippen LogP) is 2.39. The second kappa shape index (κ2) is 13.1. The zero-order chi connectivity index (χ0) is 32.8. The number of carbonyl (C=O) groups is 3. The Balaban J connectivity index is 1.76. The summed E-state index contributed by atoms with van der Waals surface area (Å²) in [5.74, 6) is -1.75. The van der Waals surface area contributed by atoms with Gasteiger partial charge in [0.2, 0.25) is 0 Å². The molecule has 1 amide bonds. The van der Waals surface area contributed by atoms with Crippen molar-refractivity contribution in [2.45, 2.75) is 141 Å². The second-order valence-electron chi connectivity index (χ2n) is 14.5. The second-order valence-corrected chi connectivity index (χ2v) is 14.5. The molecule has 252 valence electrons. The number of Topliss-reactive ketones (excluding diaryl/α,β-unsaturated/α-hetero) is 1. The quantitative estimate of drug-likeness (QED) is 0.313. The molecule has 3 N–H and O–H groups in total.